The van der Waals surface area contributed by atoms with Crippen molar-refractivity contribution in [3.63, 3.8) is 0 Å². The Kier molecular flexibility index (Phi) is 1.49. The van der Waals surface area contributed by atoms with E-state index in [-0.39, 0.29) is 0 Å². The van der Waals surface area contributed by atoms with Crippen LogP contribution in [0.3, 0.4) is 0 Å². The molecule has 0 aliphatic rings. The molecule has 1 aromatic rings. The average Bonchev–Trinajstić information content (AvgIpc) is 2.06. The predicted octanol–water partition coefficient (Wildman–Crippen LogP) is 3.20. The van der Waals surface area contributed by atoms with Gasteiger partial charge in [0.1, 0.15) is 12.7 Å². The summed E-state index contributed by atoms with van der Waals surface area (Å²) < 4.78 is 59.8. The van der Waals surface area contributed by atoms with Gasteiger partial charge in [0.05, 0.1) is 0 Å². The highest BCUT2D eigenvalue weighted by molar-refractivity contribution is 8.46. The molecule has 0 unspecified atom stereocenters. The Morgan fingerprint density at radius 2 is 1.58 bits per heavy atom. The van der Waals surface area contributed by atoms with Gasteiger partial charge >= 0.3 is 10.2 Å². The molecule has 1 rings (SSSR count). The summed E-state index contributed by atoms with van der Waals surface area (Å²) in [5.41, 5.74) is -0.917. The first-order valence-electron chi connectivity index (χ1n) is 2.56. The molecule has 2 radical (unpaired) electrons. The molecule has 1 aromatic heterocycles. The van der Waals surface area contributed by atoms with Crippen LogP contribution in [0.2, 0.25) is 0 Å². The maximum Gasteiger partial charge on any atom is 0.310 e. The minimum Gasteiger partial charge on any atom is -0.152 e. The van der Waals surface area contributed by atoms with Crippen molar-refractivity contribution in [1.29, 1.82) is 0 Å². The second-order valence-electron chi connectivity index (χ2n) is 2.16. The molecule has 0 fully saturated rings. The van der Waals surface area contributed by atoms with Gasteiger partial charge in [-0.1, -0.05) is 24.9 Å². The van der Waals surface area contributed by atoms with E-state index in [2.05, 4.69) is 0 Å². The molecule has 68 valence electrons. The van der Waals surface area contributed by atoms with E-state index in [9.17, 15) is 19.4 Å². The van der Waals surface area contributed by atoms with Gasteiger partial charge in [-0.05, 0) is 5.38 Å². The van der Waals surface area contributed by atoms with Crippen LogP contribution in [0, 0.1) is 0 Å². The monoisotopic (exact) mass is 220 g/mol. The lowest BCUT2D eigenvalue weighted by atomic mass is 10.0. The van der Waals surface area contributed by atoms with Gasteiger partial charge in [0.25, 0.3) is 0 Å². The molecule has 0 amide bonds. The minimum atomic E-state index is -9.54. The van der Waals surface area contributed by atoms with Crippen molar-refractivity contribution in [3.05, 3.63) is 10.8 Å². The van der Waals surface area contributed by atoms with E-state index >= 15 is 0 Å². The number of halogens is 5. The fourth-order valence-electron chi connectivity index (χ4n) is 0.609. The summed E-state index contributed by atoms with van der Waals surface area (Å²) in [6, 6.07) is 0. The fourth-order valence-corrected chi connectivity index (χ4v) is 2.68. The molecule has 0 saturated carbocycles. The van der Waals surface area contributed by atoms with Crippen molar-refractivity contribution in [1.82, 2.24) is 0 Å². The zero-order chi connectivity index (χ0) is 9.68. The number of rotatable bonds is 1. The van der Waals surface area contributed by atoms with Crippen molar-refractivity contribution in [2.75, 3.05) is 0 Å². The van der Waals surface area contributed by atoms with Gasteiger partial charge in [-0.25, -0.2) is 0 Å². The quantitative estimate of drug-likeness (QED) is 0.503. The van der Waals surface area contributed by atoms with E-state index < -0.39 is 20.6 Å². The Hall–Kier alpha value is -0.235. The smallest absolute Gasteiger partial charge is 0.152 e. The summed E-state index contributed by atoms with van der Waals surface area (Å²) >= 11 is 0.495. The van der Waals surface area contributed by atoms with E-state index in [1.54, 1.807) is 0 Å². The largest absolute Gasteiger partial charge is 0.310 e. The number of thiophene rings is 1. The molecule has 0 atom stereocenters. The topological polar surface area (TPSA) is 0 Å². The average molecular weight is 220 g/mol. The number of hydrogen-bond acceptors (Lipinski definition) is 1. The fraction of sp³-hybridized carbons (Fsp3) is 0. The van der Waals surface area contributed by atoms with Crippen LogP contribution in [0.25, 0.3) is 0 Å². The number of hydrogen-bond donors (Lipinski definition) is 0. The first-order valence-corrected chi connectivity index (χ1v) is 5.46. The molecule has 0 nitrogen and oxygen atoms in total. The molecule has 0 aliphatic heterocycles. The standard InChI is InChI=1S/C4H2BF5S2/c5-3-1-11-2-4(3)12(6,7,8,9)10/h1-2H. The molecular formula is C4H2BF5S2. The lowest BCUT2D eigenvalue weighted by Crippen LogP contribution is -2.15. The Bertz CT molecular complexity index is 310. The zero-order valence-corrected chi connectivity index (χ0v) is 7.07. The van der Waals surface area contributed by atoms with Crippen LogP contribution < -0.4 is 5.46 Å². The van der Waals surface area contributed by atoms with E-state index in [1.165, 1.54) is 0 Å². The summed E-state index contributed by atoms with van der Waals surface area (Å²) in [6.07, 6.45) is 0. The molecule has 0 N–H and O–H groups in total. The second kappa shape index (κ2) is 1.82. The molecule has 0 aliphatic carbocycles. The van der Waals surface area contributed by atoms with Crippen LogP contribution in [-0.2, 0) is 0 Å². The first-order chi connectivity index (χ1) is 5.00. The zero-order valence-electron chi connectivity index (χ0n) is 5.44. The van der Waals surface area contributed by atoms with Crippen molar-refractivity contribution in [2.24, 2.45) is 0 Å². The Labute approximate surface area is 70.5 Å². The maximum atomic E-state index is 12.0. The Morgan fingerprint density at radius 3 is 1.75 bits per heavy atom. The van der Waals surface area contributed by atoms with Crippen LogP contribution in [-0.4, -0.2) is 7.85 Å². The Morgan fingerprint density at radius 1 is 1.08 bits per heavy atom. The van der Waals surface area contributed by atoms with Gasteiger partial charge in [-0.2, -0.15) is 11.3 Å². The van der Waals surface area contributed by atoms with Crippen LogP contribution in [0.1, 0.15) is 0 Å². The highest BCUT2D eigenvalue weighted by Crippen LogP contribution is 3.01. The van der Waals surface area contributed by atoms with Crippen LogP contribution in [0.15, 0.2) is 15.7 Å². The summed E-state index contributed by atoms with van der Waals surface area (Å²) in [5, 5.41) is 1.14. The van der Waals surface area contributed by atoms with Crippen molar-refractivity contribution < 1.29 is 19.4 Å². The van der Waals surface area contributed by atoms with Crippen molar-refractivity contribution >= 4 is 34.9 Å². The van der Waals surface area contributed by atoms with Gasteiger partial charge < -0.3 is 0 Å². The molecular weight excluding hydrogens is 218 g/mol. The lowest BCUT2D eigenvalue weighted by molar-refractivity contribution is 0.365. The summed E-state index contributed by atoms with van der Waals surface area (Å²) in [6.45, 7) is 0. The minimum absolute atomic E-state index is 0.316. The van der Waals surface area contributed by atoms with Gasteiger partial charge in [-0.3, -0.25) is 0 Å². The van der Waals surface area contributed by atoms with Gasteiger partial charge in [-0.15, -0.1) is 0 Å². The molecule has 1 heterocycles. The SMILES string of the molecule is [B]c1cscc1S(F)(F)(F)(F)F. The van der Waals surface area contributed by atoms with E-state index in [1.807, 2.05) is 0 Å². The van der Waals surface area contributed by atoms with Gasteiger partial charge in [0.2, 0.25) is 0 Å². The summed E-state index contributed by atoms with van der Waals surface area (Å²) in [7, 11) is -4.80. The third-order valence-electron chi connectivity index (χ3n) is 1.07. The molecule has 12 heavy (non-hydrogen) atoms. The molecule has 8 heteroatoms. The van der Waals surface area contributed by atoms with Crippen LogP contribution in [0.4, 0.5) is 19.4 Å². The summed E-state index contributed by atoms with van der Waals surface area (Å²) in [4.78, 5) is -1.99. The normalized spacial score (nSPS) is 18.4. The highest BCUT2D eigenvalue weighted by atomic mass is 32.5. The molecule has 0 saturated heterocycles. The van der Waals surface area contributed by atoms with Gasteiger partial charge in [0.15, 0.2) is 0 Å². The van der Waals surface area contributed by atoms with Gasteiger partial charge in [0, 0.05) is 5.38 Å². The maximum absolute atomic E-state index is 12.0. The second-order valence-corrected chi connectivity index (χ2v) is 5.28. The molecule has 0 spiro atoms. The molecule has 0 aromatic carbocycles. The predicted molar refractivity (Wildman–Crippen MR) is 41.1 cm³/mol. The van der Waals surface area contributed by atoms with Crippen LogP contribution >= 0.6 is 21.6 Å². The third kappa shape index (κ3) is 1.92. The first kappa shape index (κ1) is 9.85. The molecule has 0 bridgehead atoms. The summed E-state index contributed by atoms with van der Waals surface area (Å²) in [5.74, 6) is 0. The van der Waals surface area contributed by atoms with Crippen molar-refractivity contribution in [2.45, 2.75) is 4.90 Å². The highest BCUT2D eigenvalue weighted by Gasteiger charge is 2.66. The van der Waals surface area contributed by atoms with Crippen LogP contribution in [0.5, 0.6) is 0 Å². The van der Waals surface area contributed by atoms with E-state index in [4.69, 9.17) is 7.85 Å². The van der Waals surface area contributed by atoms with E-state index in [0.717, 1.165) is 5.38 Å². The lowest BCUT2D eigenvalue weighted by Gasteiger charge is -2.40. The third-order valence-corrected chi connectivity index (χ3v) is 3.17. The van der Waals surface area contributed by atoms with Crippen molar-refractivity contribution in [3.8, 4) is 0 Å². The Balaban J connectivity index is 3.44. The van der Waals surface area contributed by atoms with E-state index in [0.29, 0.717) is 16.7 Å².